The van der Waals surface area contributed by atoms with Gasteiger partial charge in [-0.15, -0.1) is 0 Å². The van der Waals surface area contributed by atoms with E-state index in [1.807, 2.05) is 13.8 Å². The Morgan fingerprint density at radius 2 is 2.27 bits per heavy atom. The van der Waals surface area contributed by atoms with E-state index in [-0.39, 0.29) is 23.3 Å². The number of aromatic hydroxyl groups is 1. The topological polar surface area (TPSA) is 49.3 Å². The smallest absolute Gasteiger partial charge is 0.255 e. The molecule has 0 heterocycles. The second-order valence-corrected chi connectivity index (χ2v) is 3.88. The molecule has 0 unspecified atom stereocenters. The molecule has 2 N–H and O–H groups in total. The maximum absolute atomic E-state index is 11.7. The Kier molecular flexibility index (Phi) is 3.97. The van der Waals surface area contributed by atoms with E-state index in [2.05, 4.69) is 5.32 Å². The minimum absolute atomic E-state index is 0.0554. The molecule has 1 aromatic rings. The summed E-state index contributed by atoms with van der Waals surface area (Å²) < 4.78 is 0. The van der Waals surface area contributed by atoms with Crippen LogP contribution < -0.4 is 5.32 Å². The first-order valence-electron chi connectivity index (χ1n) is 4.84. The Morgan fingerprint density at radius 1 is 1.60 bits per heavy atom. The highest BCUT2D eigenvalue weighted by Gasteiger charge is 2.13. The molecule has 0 bridgehead atoms. The molecule has 1 rings (SSSR count). The van der Waals surface area contributed by atoms with Crippen molar-refractivity contribution in [2.24, 2.45) is 0 Å². The number of nitrogens with one attached hydrogen (secondary N) is 1. The average molecular weight is 228 g/mol. The molecule has 3 nitrogen and oxygen atoms in total. The molecule has 0 saturated heterocycles. The van der Waals surface area contributed by atoms with E-state index in [9.17, 15) is 9.90 Å². The fourth-order valence-corrected chi connectivity index (χ4v) is 1.27. The van der Waals surface area contributed by atoms with Crippen LogP contribution in [0.4, 0.5) is 0 Å². The van der Waals surface area contributed by atoms with Gasteiger partial charge in [-0.2, -0.15) is 0 Å². The number of carbonyl (C=O) groups excluding carboxylic acids is 1. The second kappa shape index (κ2) is 5.03. The van der Waals surface area contributed by atoms with E-state index in [0.29, 0.717) is 5.02 Å². The Hall–Kier alpha value is -1.22. The van der Waals surface area contributed by atoms with Gasteiger partial charge in [-0.1, -0.05) is 18.5 Å². The lowest BCUT2D eigenvalue weighted by molar-refractivity contribution is 0.0936. The summed E-state index contributed by atoms with van der Waals surface area (Å²) in [5, 5.41) is 12.7. The number of halogens is 1. The summed E-state index contributed by atoms with van der Waals surface area (Å²) in [6.07, 6.45) is 0.840. The van der Waals surface area contributed by atoms with Crippen LogP contribution in [0, 0.1) is 0 Å². The first-order valence-corrected chi connectivity index (χ1v) is 5.21. The fraction of sp³-hybridized carbons (Fsp3) is 0.364. The molecule has 0 aliphatic rings. The number of hydrogen-bond acceptors (Lipinski definition) is 2. The molecular formula is C11H14ClNO2. The van der Waals surface area contributed by atoms with Crippen molar-refractivity contribution in [3.8, 4) is 5.75 Å². The predicted molar refractivity (Wildman–Crippen MR) is 60.3 cm³/mol. The van der Waals surface area contributed by atoms with E-state index in [4.69, 9.17) is 11.6 Å². The van der Waals surface area contributed by atoms with Crippen LogP contribution in [-0.4, -0.2) is 17.1 Å². The third-order valence-electron chi connectivity index (χ3n) is 2.19. The van der Waals surface area contributed by atoms with Gasteiger partial charge in [-0.25, -0.2) is 0 Å². The zero-order valence-electron chi connectivity index (χ0n) is 8.75. The summed E-state index contributed by atoms with van der Waals surface area (Å²) in [6, 6.07) is 4.48. The molecule has 4 heteroatoms. The van der Waals surface area contributed by atoms with E-state index in [0.717, 1.165) is 6.42 Å². The lowest BCUT2D eigenvalue weighted by atomic mass is 10.1. The van der Waals surface area contributed by atoms with E-state index in [1.165, 1.54) is 18.2 Å². The van der Waals surface area contributed by atoms with Gasteiger partial charge in [0.05, 0.1) is 5.56 Å². The summed E-state index contributed by atoms with van der Waals surface area (Å²) in [6.45, 7) is 3.88. The van der Waals surface area contributed by atoms with Crippen LogP contribution in [0.3, 0.4) is 0 Å². The number of carbonyl (C=O) groups is 1. The summed E-state index contributed by atoms with van der Waals surface area (Å²) >= 11 is 5.74. The van der Waals surface area contributed by atoms with Gasteiger partial charge in [-0.3, -0.25) is 4.79 Å². The molecule has 0 aromatic heterocycles. The van der Waals surface area contributed by atoms with Gasteiger partial charge >= 0.3 is 0 Å². The Bertz CT molecular complexity index is 366. The third-order valence-corrected chi connectivity index (χ3v) is 2.43. The number of hydrogen-bond donors (Lipinski definition) is 2. The van der Waals surface area contributed by atoms with Crippen molar-refractivity contribution < 1.29 is 9.90 Å². The Morgan fingerprint density at radius 3 is 2.87 bits per heavy atom. The van der Waals surface area contributed by atoms with Gasteiger partial charge in [0, 0.05) is 11.1 Å². The van der Waals surface area contributed by atoms with E-state index in [1.54, 1.807) is 0 Å². The summed E-state index contributed by atoms with van der Waals surface area (Å²) in [5.41, 5.74) is 0.211. The molecule has 1 aromatic carbocycles. The maximum Gasteiger partial charge on any atom is 0.255 e. The van der Waals surface area contributed by atoms with Gasteiger partial charge in [0.1, 0.15) is 5.75 Å². The van der Waals surface area contributed by atoms with Crippen LogP contribution in [0.1, 0.15) is 30.6 Å². The SMILES string of the molecule is CC[C@@H](C)NC(=O)c1cc(Cl)ccc1O. The van der Waals surface area contributed by atoms with Gasteiger partial charge in [0.2, 0.25) is 0 Å². The standard InChI is InChI=1S/C11H14ClNO2/c1-3-7(2)13-11(15)9-6-8(12)4-5-10(9)14/h4-7,14H,3H2,1-2H3,(H,13,15)/t7-/m1/s1. The molecule has 0 saturated carbocycles. The lowest BCUT2D eigenvalue weighted by Crippen LogP contribution is -2.31. The number of amides is 1. The van der Waals surface area contributed by atoms with Crippen LogP contribution in [0.25, 0.3) is 0 Å². The number of rotatable bonds is 3. The van der Waals surface area contributed by atoms with Gasteiger partial charge in [0.15, 0.2) is 0 Å². The van der Waals surface area contributed by atoms with Crippen LogP contribution in [0.5, 0.6) is 5.75 Å². The zero-order valence-corrected chi connectivity index (χ0v) is 9.51. The summed E-state index contributed by atoms with van der Waals surface area (Å²) in [4.78, 5) is 11.7. The molecule has 82 valence electrons. The van der Waals surface area contributed by atoms with Crippen LogP contribution in [0.2, 0.25) is 5.02 Å². The molecule has 0 spiro atoms. The molecule has 15 heavy (non-hydrogen) atoms. The molecule has 0 radical (unpaired) electrons. The first-order chi connectivity index (χ1) is 7.04. The molecule has 1 atom stereocenters. The van der Waals surface area contributed by atoms with Crippen molar-refractivity contribution in [2.75, 3.05) is 0 Å². The van der Waals surface area contributed by atoms with Crippen molar-refractivity contribution in [1.29, 1.82) is 0 Å². The maximum atomic E-state index is 11.7. The lowest BCUT2D eigenvalue weighted by Gasteiger charge is -2.12. The minimum Gasteiger partial charge on any atom is -0.507 e. The van der Waals surface area contributed by atoms with Crippen LogP contribution in [0.15, 0.2) is 18.2 Å². The van der Waals surface area contributed by atoms with Crippen molar-refractivity contribution in [3.63, 3.8) is 0 Å². The molecule has 0 aliphatic carbocycles. The monoisotopic (exact) mass is 227 g/mol. The van der Waals surface area contributed by atoms with E-state index >= 15 is 0 Å². The highest BCUT2D eigenvalue weighted by atomic mass is 35.5. The fourth-order valence-electron chi connectivity index (χ4n) is 1.09. The van der Waals surface area contributed by atoms with Crippen LogP contribution >= 0.6 is 11.6 Å². The molecule has 0 fully saturated rings. The summed E-state index contributed by atoms with van der Waals surface area (Å²) in [7, 11) is 0. The normalized spacial score (nSPS) is 12.2. The second-order valence-electron chi connectivity index (χ2n) is 3.44. The van der Waals surface area contributed by atoms with Gasteiger partial charge in [-0.05, 0) is 31.5 Å². The van der Waals surface area contributed by atoms with Crippen molar-refractivity contribution in [3.05, 3.63) is 28.8 Å². The molecular weight excluding hydrogens is 214 g/mol. The quantitative estimate of drug-likeness (QED) is 0.834. The van der Waals surface area contributed by atoms with Crippen molar-refractivity contribution >= 4 is 17.5 Å². The van der Waals surface area contributed by atoms with Crippen LogP contribution in [-0.2, 0) is 0 Å². The number of phenols is 1. The Labute approximate surface area is 94.1 Å². The van der Waals surface area contributed by atoms with Gasteiger partial charge in [0.25, 0.3) is 5.91 Å². The third kappa shape index (κ3) is 3.13. The molecule has 0 aliphatic heterocycles. The highest BCUT2D eigenvalue weighted by molar-refractivity contribution is 6.31. The number of benzene rings is 1. The minimum atomic E-state index is -0.302. The summed E-state index contributed by atoms with van der Waals surface area (Å²) in [5.74, 6) is -0.357. The largest absolute Gasteiger partial charge is 0.507 e. The highest BCUT2D eigenvalue weighted by Crippen LogP contribution is 2.21. The zero-order chi connectivity index (χ0) is 11.4. The van der Waals surface area contributed by atoms with Crippen molar-refractivity contribution in [1.82, 2.24) is 5.32 Å². The van der Waals surface area contributed by atoms with Crippen molar-refractivity contribution in [2.45, 2.75) is 26.3 Å². The number of phenolic OH excluding ortho intramolecular Hbond substituents is 1. The van der Waals surface area contributed by atoms with Gasteiger partial charge < -0.3 is 10.4 Å². The first kappa shape index (κ1) is 11.9. The average Bonchev–Trinajstić information content (AvgIpc) is 2.21. The van der Waals surface area contributed by atoms with E-state index < -0.39 is 0 Å². The molecule has 1 amide bonds. The predicted octanol–water partition coefficient (Wildman–Crippen LogP) is 2.57. The Balaban J connectivity index is 2.86.